The molecule has 0 heterocycles. The van der Waals surface area contributed by atoms with Gasteiger partial charge in [-0.2, -0.15) is 0 Å². The summed E-state index contributed by atoms with van der Waals surface area (Å²) in [6.07, 6.45) is 51.6. The Morgan fingerprint density at radius 2 is 0.500 bits per heavy atom. The highest BCUT2D eigenvalue weighted by molar-refractivity contribution is 7.47. The van der Waals surface area contributed by atoms with E-state index in [0.29, 0.717) is 31.6 Å². The van der Waals surface area contributed by atoms with Gasteiger partial charge in [0, 0.05) is 25.7 Å². The average Bonchev–Trinajstić information content (AvgIpc) is 1.24. The molecule has 96 heavy (non-hydrogen) atoms. The fourth-order valence-corrected chi connectivity index (χ4v) is 13.2. The fraction of sp³-hybridized carbons (Fsp3) is 0.948. The summed E-state index contributed by atoms with van der Waals surface area (Å²) in [7, 11) is -9.91. The quantitative estimate of drug-likeness (QED) is 0.0222. The lowest BCUT2D eigenvalue weighted by Crippen LogP contribution is -2.30. The zero-order chi connectivity index (χ0) is 71.0. The maximum absolute atomic E-state index is 13.1. The first kappa shape index (κ1) is 94.1. The predicted molar refractivity (Wildman–Crippen MR) is 391 cm³/mol. The number of esters is 4. The molecule has 0 aliphatic rings. The molecule has 0 radical (unpaired) electrons. The van der Waals surface area contributed by atoms with Gasteiger partial charge < -0.3 is 33.8 Å². The van der Waals surface area contributed by atoms with Gasteiger partial charge in [0.2, 0.25) is 0 Å². The van der Waals surface area contributed by atoms with Gasteiger partial charge in [0.25, 0.3) is 0 Å². The Hall–Kier alpha value is -1.94. The van der Waals surface area contributed by atoms with Crippen LogP contribution >= 0.6 is 15.6 Å². The van der Waals surface area contributed by atoms with Crippen LogP contribution in [0.15, 0.2) is 0 Å². The van der Waals surface area contributed by atoms with E-state index in [0.717, 1.165) is 114 Å². The molecule has 19 heteroatoms. The number of unbranched alkanes of at least 4 members (excludes halogenated alkanes) is 38. The third kappa shape index (κ3) is 67.9. The van der Waals surface area contributed by atoms with Crippen molar-refractivity contribution in [1.29, 1.82) is 0 Å². The van der Waals surface area contributed by atoms with Crippen LogP contribution in [0, 0.1) is 23.7 Å². The number of phosphoric ester groups is 2. The van der Waals surface area contributed by atoms with Crippen LogP contribution < -0.4 is 0 Å². The number of aliphatic hydroxyl groups excluding tert-OH is 1. The SMILES string of the molecule is CCC(C)CCCCCCCCCCCCCCCCC(=O)OC[C@H](COP(=O)(O)OC[C@@H](O)COP(=O)(O)OC[C@@H](COC(=O)CCCCCCCCC(C)CC)OC(=O)CCCCCCCCCCCCCCCCCCC(C)C)OC(=O)CCCCCCCCC(C)C. The normalized spacial score (nSPS) is 14.7. The number of ether oxygens (including phenoxy) is 4. The van der Waals surface area contributed by atoms with Crippen LogP contribution in [0.1, 0.15) is 389 Å². The fourth-order valence-electron chi connectivity index (χ4n) is 11.7. The standard InChI is InChI=1S/C77H150O17P2/c1-9-69(7)55-47-39-30-26-22-18-15-16-19-23-27-31-41-49-57-74(79)87-63-73(94-77(82)60-52-44-35-33-38-46-54-68(5)6)66-92-96(85,86)90-62-71(78)61-89-95(83,84)91-65-72(64-88-75(80)58-50-42-36-34-40-48-56-70(8)10-2)93-76(81)59-51-43-32-28-24-20-14-12-11-13-17-21-25-29-37-45-53-67(3)4/h67-73,78H,9-66H2,1-8H3,(H,83,84)(H,85,86)/t69?,70?,71-,72+,73+/m0/s1. The van der Waals surface area contributed by atoms with Crippen molar-refractivity contribution < 1.29 is 80.2 Å². The predicted octanol–water partition coefficient (Wildman–Crippen LogP) is 22.4. The molecular weight excluding hydrogens is 1260 g/mol. The average molecular weight is 1410 g/mol. The minimum absolute atomic E-state index is 0.102. The summed E-state index contributed by atoms with van der Waals surface area (Å²) in [6.45, 7) is 14.2. The maximum Gasteiger partial charge on any atom is 0.472 e. The first-order valence-corrected chi connectivity index (χ1v) is 42.8. The van der Waals surface area contributed by atoms with Crippen molar-refractivity contribution in [2.45, 2.75) is 408 Å². The molecule has 0 rings (SSSR count). The van der Waals surface area contributed by atoms with Gasteiger partial charge in [0.15, 0.2) is 12.2 Å². The lowest BCUT2D eigenvalue weighted by Gasteiger charge is -2.21. The Morgan fingerprint density at radius 3 is 0.740 bits per heavy atom. The van der Waals surface area contributed by atoms with E-state index in [-0.39, 0.29) is 25.7 Å². The number of rotatable bonds is 74. The molecule has 3 N–H and O–H groups in total. The zero-order valence-electron chi connectivity index (χ0n) is 63.0. The number of phosphoric acid groups is 2. The first-order chi connectivity index (χ1) is 46.2. The van der Waals surface area contributed by atoms with Crippen molar-refractivity contribution in [3.8, 4) is 0 Å². The van der Waals surface area contributed by atoms with Crippen LogP contribution in [0.3, 0.4) is 0 Å². The minimum Gasteiger partial charge on any atom is -0.462 e. The van der Waals surface area contributed by atoms with Crippen LogP contribution in [0.25, 0.3) is 0 Å². The highest BCUT2D eigenvalue weighted by Gasteiger charge is 2.30. The molecule has 0 fully saturated rings. The molecule has 0 aromatic carbocycles. The van der Waals surface area contributed by atoms with E-state index in [1.165, 1.54) is 186 Å². The van der Waals surface area contributed by atoms with Crippen LogP contribution in [0.2, 0.25) is 0 Å². The molecule has 0 aliphatic heterocycles. The van der Waals surface area contributed by atoms with E-state index < -0.39 is 97.5 Å². The second kappa shape index (κ2) is 66.3. The van der Waals surface area contributed by atoms with Gasteiger partial charge >= 0.3 is 39.5 Å². The van der Waals surface area contributed by atoms with E-state index >= 15 is 0 Å². The maximum atomic E-state index is 13.1. The number of hydrogen-bond donors (Lipinski definition) is 3. The third-order valence-corrected chi connectivity index (χ3v) is 20.4. The third-order valence-electron chi connectivity index (χ3n) is 18.5. The Bertz CT molecular complexity index is 1890. The zero-order valence-corrected chi connectivity index (χ0v) is 64.8. The molecule has 17 nitrogen and oxygen atoms in total. The highest BCUT2D eigenvalue weighted by atomic mass is 31.2. The molecule has 0 aromatic heterocycles. The van der Waals surface area contributed by atoms with Crippen LogP contribution in [0.5, 0.6) is 0 Å². The van der Waals surface area contributed by atoms with Gasteiger partial charge in [-0.05, 0) is 49.4 Å². The number of aliphatic hydroxyl groups is 1. The summed E-state index contributed by atoms with van der Waals surface area (Å²) in [5.74, 6) is 0.934. The Kier molecular flexibility index (Phi) is 65.0. The molecule has 4 unspecified atom stereocenters. The summed E-state index contributed by atoms with van der Waals surface area (Å²) in [6, 6.07) is 0. The Labute approximate surface area is 588 Å². The molecule has 570 valence electrons. The minimum atomic E-state index is -4.96. The van der Waals surface area contributed by atoms with E-state index in [2.05, 4.69) is 55.4 Å². The number of carbonyl (C=O) groups is 4. The highest BCUT2D eigenvalue weighted by Crippen LogP contribution is 2.45. The van der Waals surface area contributed by atoms with Crippen LogP contribution in [-0.4, -0.2) is 96.7 Å². The summed E-state index contributed by atoms with van der Waals surface area (Å²) < 4.78 is 68.5. The lowest BCUT2D eigenvalue weighted by molar-refractivity contribution is -0.161. The van der Waals surface area contributed by atoms with Crippen LogP contribution in [-0.2, 0) is 65.4 Å². The molecular formula is C77H150O17P2. The van der Waals surface area contributed by atoms with Gasteiger partial charge in [-0.1, -0.05) is 338 Å². The number of carbonyl (C=O) groups excluding carboxylic acids is 4. The Balaban J connectivity index is 5.15. The summed E-state index contributed by atoms with van der Waals surface area (Å²) in [5.41, 5.74) is 0. The molecule has 0 spiro atoms. The second-order valence-corrected chi connectivity index (χ2v) is 32.1. The van der Waals surface area contributed by atoms with Gasteiger partial charge in [-0.15, -0.1) is 0 Å². The number of hydrogen-bond acceptors (Lipinski definition) is 15. The molecule has 0 aromatic rings. The monoisotopic (exact) mass is 1410 g/mol. The second-order valence-electron chi connectivity index (χ2n) is 29.2. The van der Waals surface area contributed by atoms with Gasteiger partial charge in [-0.3, -0.25) is 37.3 Å². The van der Waals surface area contributed by atoms with Crippen LogP contribution in [0.4, 0.5) is 0 Å². The molecule has 0 aliphatic carbocycles. The largest absolute Gasteiger partial charge is 0.472 e. The van der Waals surface area contributed by atoms with Crippen molar-refractivity contribution in [1.82, 2.24) is 0 Å². The smallest absolute Gasteiger partial charge is 0.462 e. The molecule has 0 saturated carbocycles. The Morgan fingerprint density at radius 1 is 0.292 bits per heavy atom. The summed E-state index contributed by atoms with van der Waals surface area (Å²) in [4.78, 5) is 72.8. The lowest BCUT2D eigenvalue weighted by atomic mass is 9.99. The van der Waals surface area contributed by atoms with Gasteiger partial charge in [0.1, 0.15) is 19.3 Å². The van der Waals surface area contributed by atoms with E-state index in [4.69, 9.17) is 37.0 Å². The summed E-state index contributed by atoms with van der Waals surface area (Å²) >= 11 is 0. The molecule has 0 bridgehead atoms. The van der Waals surface area contributed by atoms with E-state index in [9.17, 15) is 43.2 Å². The summed E-state index contributed by atoms with van der Waals surface area (Å²) in [5, 5.41) is 10.6. The molecule has 0 saturated heterocycles. The topological polar surface area (TPSA) is 237 Å². The van der Waals surface area contributed by atoms with Crippen molar-refractivity contribution in [2.75, 3.05) is 39.6 Å². The molecule has 7 atom stereocenters. The van der Waals surface area contributed by atoms with E-state index in [1.54, 1.807) is 0 Å². The van der Waals surface area contributed by atoms with Crippen molar-refractivity contribution in [3.05, 3.63) is 0 Å². The first-order valence-electron chi connectivity index (χ1n) is 39.8. The van der Waals surface area contributed by atoms with Crippen molar-refractivity contribution in [2.24, 2.45) is 23.7 Å². The van der Waals surface area contributed by atoms with Crippen molar-refractivity contribution in [3.63, 3.8) is 0 Å². The van der Waals surface area contributed by atoms with E-state index in [1.807, 2.05) is 0 Å². The van der Waals surface area contributed by atoms with Gasteiger partial charge in [-0.25, -0.2) is 9.13 Å². The molecule has 0 amide bonds. The van der Waals surface area contributed by atoms with Gasteiger partial charge in [0.05, 0.1) is 26.4 Å². The van der Waals surface area contributed by atoms with Crippen molar-refractivity contribution >= 4 is 39.5 Å².